The summed E-state index contributed by atoms with van der Waals surface area (Å²) < 4.78 is 0.688. The fourth-order valence-corrected chi connectivity index (χ4v) is 0.653. The zero-order chi connectivity index (χ0) is 11.6. The lowest BCUT2D eigenvalue weighted by atomic mass is 10.4. The first-order chi connectivity index (χ1) is 6.39. The molecule has 0 aliphatic carbocycles. The van der Waals surface area contributed by atoms with Crippen molar-refractivity contribution in [3.8, 4) is 0 Å². The number of aliphatic hydroxyl groups excluding tert-OH is 3. The molecule has 0 heterocycles. The number of carboxylic acid groups (broad SMARTS) is 1. The summed E-state index contributed by atoms with van der Waals surface area (Å²) in [4.78, 5) is 9.01. The molecule has 0 radical (unpaired) electrons. The van der Waals surface area contributed by atoms with Crippen LogP contribution in [-0.4, -0.2) is 72.8 Å². The van der Waals surface area contributed by atoms with Crippen LogP contribution in [0.15, 0.2) is 0 Å². The van der Waals surface area contributed by atoms with Gasteiger partial charge in [-0.25, -0.2) is 0 Å². The van der Waals surface area contributed by atoms with Crippen molar-refractivity contribution in [3.05, 3.63) is 0 Å². The Kier molecular flexibility index (Phi) is 10.0. The molecule has 6 heteroatoms. The van der Waals surface area contributed by atoms with E-state index >= 15 is 0 Å². The van der Waals surface area contributed by atoms with Crippen molar-refractivity contribution in [3.63, 3.8) is 0 Å². The van der Waals surface area contributed by atoms with Crippen LogP contribution in [0.2, 0.25) is 0 Å². The molecule has 0 aromatic heterocycles. The molecule has 0 spiro atoms. The summed E-state index contributed by atoms with van der Waals surface area (Å²) in [6, 6.07) is 0. The predicted octanol–water partition coefficient (Wildman–Crippen LogP) is -3.22. The quantitative estimate of drug-likeness (QED) is 0.413. The molecule has 0 atom stereocenters. The zero-order valence-electron chi connectivity index (χ0n) is 8.64. The molecule has 86 valence electrons. The molecule has 0 amide bonds. The summed E-state index contributed by atoms with van der Waals surface area (Å²) in [7, 11) is 3.96. The van der Waals surface area contributed by atoms with E-state index in [1.54, 1.807) is 0 Å². The molecule has 0 saturated carbocycles. The van der Waals surface area contributed by atoms with Gasteiger partial charge in [0.2, 0.25) is 0 Å². The molecular formula is C8H19NO5. The van der Waals surface area contributed by atoms with Gasteiger partial charge in [-0.05, 0) is 0 Å². The smallest absolute Gasteiger partial charge is 0.102 e. The standard InChI is InChI=1S/C6H16NO2.C2H4O3/c1-7(2,3-5-8)4-6-9;3-1-2(4)5/h8-9H,3-6H2,1-2H3;3H,1H2,(H,4,5)/q+1;/p-1. The second-order valence-electron chi connectivity index (χ2n) is 3.36. The van der Waals surface area contributed by atoms with Gasteiger partial charge >= 0.3 is 0 Å². The van der Waals surface area contributed by atoms with Crippen LogP contribution in [0, 0.1) is 0 Å². The highest BCUT2D eigenvalue weighted by atomic mass is 16.4. The summed E-state index contributed by atoms with van der Waals surface area (Å²) in [6.07, 6.45) is 0. The lowest BCUT2D eigenvalue weighted by Crippen LogP contribution is -2.43. The van der Waals surface area contributed by atoms with E-state index < -0.39 is 12.6 Å². The molecule has 0 aromatic rings. The molecule has 3 N–H and O–H groups in total. The molecule has 0 fully saturated rings. The average Bonchev–Trinajstić information content (AvgIpc) is 2.05. The van der Waals surface area contributed by atoms with Crippen LogP contribution in [0.4, 0.5) is 0 Å². The first kappa shape index (κ1) is 15.8. The number of carbonyl (C=O) groups excluding carboxylic acids is 1. The molecule has 0 aliphatic heterocycles. The van der Waals surface area contributed by atoms with Crippen LogP contribution in [0.5, 0.6) is 0 Å². The fraction of sp³-hybridized carbons (Fsp3) is 0.875. The topological polar surface area (TPSA) is 101 Å². The Hall–Kier alpha value is -0.690. The van der Waals surface area contributed by atoms with Gasteiger partial charge in [-0.1, -0.05) is 0 Å². The average molecular weight is 209 g/mol. The maximum atomic E-state index is 9.01. The van der Waals surface area contributed by atoms with Crippen LogP contribution in [0.25, 0.3) is 0 Å². The first-order valence-corrected chi connectivity index (χ1v) is 4.24. The van der Waals surface area contributed by atoms with Crippen LogP contribution < -0.4 is 5.11 Å². The third-order valence-electron chi connectivity index (χ3n) is 1.54. The summed E-state index contributed by atoms with van der Waals surface area (Å²) >= 11 is 0. The molecule has 0 unspecified atom stereocenters. The number of likely N-dealkylation sites (N-methyl/N-ethyl adjacent to an activating group) is 1. The van der Waals surface area contributed by atoms with Crippen LogP contribution in [0.1, 0.15) is 0 Å². The van der Waals surface area contributed by atoms with Gasteiger partial charge in [0.1, 0.15) is 13.1 Å². The summed E-state index contributed by atoms with van der Waals surface area (Å²) in [5.41, 5.74) is 0. The van der Waals surface area contributed by atoms with Gasteiger partial charge in [-0.3, -0.25) is 0 Å². The number of aliphatic hydroxyl groups is 3. The van der Waals surface area contributed by atoms with Gasteiger partial charge in [0.15, 0.2) is 0 Å². The predicted molar refractivity (Wildman–Crippen MR) is 48.1 cm³/mol. The monoisotopic (exact) mass is 209 g/mol. The number of carboxylic acids is 1. The Morgan fingerprint density at radius 3 is 1.57 bits per heavy atom. The number of hydrogen-bond donors (Lipinski definition) is 3. The minimum Gasteiger partial charge on any atom is -0.548 e. The largest absolute Gasteiger partial charge is 0.548 e. The van der Waals surface area contributed by atoms with Crippen molar-refractivity contribution in [2.75, 3.05) is 47.0 Å². The summed E-state index contributed by atoms with van der Waals surface area (Å²) in [5.74, 6) is -1.44. The Morgan fingerprint density at radius 1 is 1.14 bits per heavy atom. The normalized spacial score (nSPS) is 10.4. The van der Waals surface area contributed by atoms with E-state index in [1.165, 1.54) is 0 Å². The number of aliphatic carboxylic acids is 1. The summed E-state index contributed by atoms with van der Waals surface area (Å²) in [5, 5.41) is 33.6. The second-order valence-corrected chi connectivity index (χ2v) is 3.36. The van der Waals surface area contributed by atoms with Crippen molar-refractivity contribution >= 4 is 5.97 Å². The van der Waals surface area contributed by atoms with Gasteiger partial charge in [-0.2, -0.15) is 0 Å². The Bertz CT molecular complexity index is 141. The molecule has 0 aliphatic rings. The van der Waals surface area contributed by atoms with E-state index in [1.807, 2.05) is 14.1 Å². The van der Waals surface area contributed by atoms with Crippen LogP contribution in [-0.2, 0) is 4.79 Å². The van der Waals surface area contributed by atoms with Gasteiger partial charge < -0.3 is 29.7 Å². The highest BCUT2D eigenvalue weighted by molar-refractivity contribution is 5.65. The minimum absolute atomic E-state index is 0.188. The Labute approximate surface area is 83.6 Å². The maximum Gasteiger partial charge on any atom is 0.102 e. The van der Waals surface area contributed by atoms with Crippen LogP contribution >= 0.6 is 0 Å². The van der Waals surface area contributed by atoms with E-state index in [2.05, 4.69) is 0 Å². The van der Waals surface area contributed by atoms with E-state index in [9.17, 15) is 0 Å². The lowest BCUT2D eigenvalue weighted by molar-refractivity contribution is -0.890. The van der Waals surface area contributed by atoms with E-state index in [0.717, 1.165) is 0 Å². The van der Waals surface area contributed by atoms with Crippen molar-refractivity contribution < 1.29 is 29.7 Å². The third kappa shape index (κ3) is 13.9. The molecule has 0 saturated heterocycles. The number of quaternary nitrogens is 1. The summed E-state index contributed by atoms with van der Waals surface area (Å²) in [6.45, 7) is 0.904. The highest BCUT2D eigenvalue weighted by Crippen LogP contribution is 1.92. The zero-order valence-corrected chi connectivity index (χ0v) is 8.64. The van der Waals surface area contributed by atoms with Crippen LogP contribution in [0.3, 0.4) is 0 Å². The van der Waals surface area contributed by atoms with Gasteiger partial charge in [0.05, 0.1) is 39.9 Å². The molecular weight excluding hydrogens is 190 g/mol. The maximum absolute atomic E-state index is 9.01. The lowest BCUT2D eigenvalue weighted by Gasteiger charge is -2.27. The molecule has 0 rings (SSSR count). The molecule has 6 nitrogen and oxygen atoms in total. The molecule has 0 aromatic carbocycles. The Morgan fingerprint density at radius 2 is 1.43 bits per heavy atom. The number of carbonyl (C=O) groups is 1. The fourth-order valence-electron chi connectivity index (χ4n) is 0.653. The highest BCUT2D eigenvalue weighted by Gasteiger charge is 2.11. The first-order valence-electron chi connectivity index (χ1n) is 4.24. The van der Waals surface area contributed by atoms with E-state index in [0.29, 0.717) is 17.6 Å². The molecule has 14 heavy (non-hydrogen) atoms. The van der Waals surface area contributed by atoms with Crippen molar-refractivity contribution in [1.29, 1.82) is 0 Å². The third-order valence-corrected chi connectivity index (χ3v) is 1.54. The number of rotatable bonds is 5. The second kappa shape index (κ2) is 8.89. The van der Waals surface area contributed by atoms with Gasteiger partial charge in [0, 0.05) is 0 Å². The minimum atomic E-state index is -1.44. The van der Waals surface area contributed by atoms with Gasteiger partial charge in [-0.15, -0.1) is 0 Å². The molecule has 0 bridgehead atoms. The SMILES string of the molecule is C[N+](C)(CCO)CCO.O=C([O-])CO. The van der Waals surface area contributed by atoms with Crippen molar-refractivity contribution in [2.24, 2.45) is 0 Å². The Balaban J connectivity index is 0. The number of nitrogens with zero attached hydrogens (tertiary/aromatic N) is 1. The van der Waals surface area contributed by atoms with E-state index in [4.69, 9.17) is 25.2 Å². The number of hydrogen-bond acceptors (Lipinski definition) is 5. The van der Waals surface area contributed by atoms with E-state index in [-0.39, 0.29) is 13.2 Å². The van der Waals surface area contributed by atoms with Gasteiger partial charge in [0.25, 0.3) is 0 Å². The van der Waals surface area contributed by atoms with Crippen molar-refractivity contribution in [2.45, 2.75) is 0 Å². The van der Waals surface area contributed by atoms with Crippen molar-refractivity contribution in [1.82, 2.24) is 0 Å².